The van der Waals surface area contributed by atoms with Crippen LogP contribution in [0.2, 0.25) is 0 Å². The fraction of sp³-hybridized carbons (Fsp3) is 0.682. The van der Waals surface area contributed by atoms with Crippen LogP contribution in [0.15, 0.2) is 12.1 Å². The molecule has 29 heavy (non-hydrogen) atoms. The lowest BCUT2D eigenvalue weighted by Gasteiger charge is -2.64. The van der Waals surface area contributed by atoms with Crippen molar-refractivity contribution in [1.29, 1.82) is 0 Å². The van der Waals surface area contributed by atoms with Crippen molar-refractivity contribution in [3.63, 3.8) is 0 Å². The van der Waals surface area contributed by atoms with Crippen molar-refractivity contribution >= 4 is 18.6 Å². The fourth-order valence-corrected chi connectivity index (χ4v) is 5.50. The van der Waals surface area contributed by atoms with Crippen molar-refractivity contribution in [3.05, 3.63) is 23.5 Å². The van der Waals surface area contributed by atoms with Crippen LogP contribution >= 0.6 is 0 Å². The van der Waals surface area contributed by atoms with Gasteiger partial charge in [0.1, 0.15) is 22.7 Å². The minimum atomic E-state index is -0.765. The van der Waals surface area contributed by atoms with E-state index in [0.717, 1.165) is 12.8 Å². The SMILES string of the molecule is COc1c(B2O[C@@H]3C[C@@H]4C[C@@H](C4(C)C)[C@]3(C)O2)ccc(F)c1C(=O)OC(C)(C)C. The molecule has 5 rings (SSSR count). The van der Waals surface area contributed by atoms with Gasteiger partial charge in [0, 0.05) is 5.46 Å². The zero-order valence-electron chi connectivity index (χ0n) is 18.3. The van der Waals surface area contributed by atoms with Crippen molar-refractivity contribution in [3.8, 4) is 5.75 Å². The van der Waals surface area contributed by atoms with E-state index in [1.165, 1.54) is 13.2 Å². The molecule has 4 fully saturated rings. The lowest BCUT2D eigenvalue weighted by atomic mass is 9.43. The molecule has 158 valence electrons. The van der Waals surface area contributed by atoms with E-state index in [0.29, 0.717) is 17.3 Å². The van der Waals surface area contributed by atoms with E-state index < -0.39 is 30.1 Å². The topological polar surface area (TPSA) is 54.0 Å². The van der Waals surface area contributed by atoms with Gasteiger partial charge in [-0.2, -0.15) is 0 Å². The van der Waals surface area contributed by atoms with Gasteiger partial charge >= 0.3 is 13.1 Å². The van der Waals surface area contributed by atoms with Crippen LogP contribution in [-0.2, 0) is 14.0 Å². The zero-order chi connectivity index (χ0) is 21.4. The van der Waals surface area contributed by atoms with Gasteiger partial charge in [-0.3, -0.25) is 0 Å². The maximum Gasteiger partial charge on any atom is 0.498 e. The summed E-state index contributed by atoms with van der Waals surface area (Å²) in [6, 6.07) is 2.82. The van der Waals surface area contributed by atoms with Crippen LogP contribution in [0, 0.1) is 23.1 Å². The molecule has 4 atom stereocenters. The number of esters is 1. The first kappa shape index (κ1) is 20.7. The Balaban J connectivity index is 1.68. The summed E-state index contributed by atoms with van der Waals surface area (Å²) in [6.45, 7) is 11.9. The summed E-state index contributed by atoms with van der Waals surface area (Å²) in [4.78, 5) is 12.7. The van der Waals surface area contributed by atoms with Crippen LogP contribution in [-0.4, -0.2) is 37.5 Å². The van der Waals surface area contributed by atoms with E-state index in [2.05, 4.69) is 20.8 Å². The van der Waals surface area contributed by atoms with Gasteiger partial charge in [-0.1, -0.05) is 19.9 Å². The van der Waals surface area contributed by atoms with Gasteiger partial charge in [0.2, 0.25) is 0 Å². The van der Waals surface area contributed by atoms with E-state index in [1.54, 1.807) is 26.8 Å². The smallest absolute Gasteiger partial charge is 0.496 e. The second-order valence-electron chi connectivity index (χ2n) is 10.3. The minimum Gasteiger partial charge on any atom is -0.496 e. The maximum absolute atomic E-state index is 14.6. The number of benzene rings is 1. The Morgan fingerprint density at radius 2 is 1.93 bits per heavy atom. The van der Waals surface area contributed by atoms with E-state index in [4.69, 9.17) is 18.8 Å². The van der Waals surface area contributed by atoms with E-state index >= 15 is 0 Å². The Labute approximate surface area is 172 Å². The lowest BCUT2D eigenvalue weighted by Crippen LogP contribution is -2.65. The first-order chi connectivity index (χ1) is 13.4. The highest BCUT2D eigenvalue weighted by Crippen LogP contribution is 2.65. The van der Waals surface area contributed by atoms with E-state index in [-0.39, 0.29) is 22.8 Å². The number of carbonyl (C=O) groups is 1. The number of hydrogen-bond donors (Lipinski definition) is 0. The number of carbonyl (C=O) groups excluding carboxylic acids is 1. The molecule has 3 saturated carbocycles. The Morgan fingerprint density at radius 1 is 1.24 bits per heavy atom. The molecular formula is C22H30BFO5. The van der Waals surface area contributed by atoms with Gasteiger partial charge in [0.25, 0.3) is 0 Å². The average Bonchev–Trinajstić information content (AvgIpc) is 2.96. The highest BCUT2D eigenvalue weighted by Gasteiger charge is 2.68. The number of methoxy groups -OCH3 is 1. The first-order valence-corrected chi connectivity index (χ1v) is 10.3. The fourth-order valence-electron chi connectivity index (χ4n) is 5.50. The third-order valence-corrected chi connectivity index (χ3v) is 7.15. The summed E-state index contributed by atoms with van der Waals surface area (Å²) in [5.74, 6) is -0.317. The zero-order valence-corrected chi connectivity index (χ0v) is 18.3. The summed E-state index contributed by atoms with van der Waals surface area (Å²) >= 11 is 0. The van der Waals surface area contributed by atoms with E-state index in [9.17, 15) is 9.18 Å². The minimum absolute atomic E-state index is 0.0241. The number of rotatable bonds is 3. The molecule has 3 aliphatic carbocycles. The molecule has 4 aliphatic rings. The summed E-state index contributed by atoms with van der Waals surface area (Å²) in [6.07, 6.45) is 2.06. The molecular weight excluding hydrogens is 374 g/mol. The molecule has 2 bridgehead atoms. The second kappa shape index (κ2) is 6.45. The van der Waals surface area contributed by atoms with Crippen molar-refractivity contribution in [1.82, 2.24) is 0 Å². The normalized spacial score (nSPS) is 32.4. The van der Waals surface area contributed by atoms with Crippen molar-refractivity contribution < 1.29 is 28.0 Å². The van der Waals surface area contributed by atoms with Crippen molar-refractivity contribution in [2.75, 3.05) is 7.11 Å². The Bertz CT molecular complexity index is 848. The molecule has 0 radical (unpaired) electrons. The van der Waals surface area contributed by atoms with Crippen LogP contribution in [0.3, 0.4) is 0 Å². The van der Waals surface area contributed by atoms with Crippen molar-refractivity contribution in [2.45, 2.75) is 71.7 Å². The lowest BCUT2D eigenvalue weighted by molar-refractivity contribution is -0.199. The molecule has 7 heteroatoms. The highest BCUT2D eigenvalue weighted by atomic mass is 19.1. The summed E-state index contributed by atoms with van der Waals surface area (Å²) in [7, 11) is 0.701. The number of ether oxygens (including phenoxy) is 2. The first-order valence-electron chi connectivity index (χ1n) is 10.3. The predicted molar refractivity (Wildman–Crippen MR) is 108 cm³/mol. The van der Waals surface area contributed by atoms with Gasteiger partial charge in [-0.25, -0.2) is 9.18 Å². The monoisotopic (exact) mass is 404 g/mol. The van der Waals surface area contributed by atoms with Gasteiger partial charge < -0.3 is 18.8 Å². The van der Waals surface area contributed by atoms with Crippen LogP contribution in [0.1, 0.15) is 64.7 Å². The molecule has 0 spiro atoms. The van der Waals surface area contributed by atoms with Gasteiger partial charge in [-0.15, -0.1) is 0 Å². The third kappa shape index (κ3) is 3.08. The molecule has 5 nitrogen and oxygen atoms in total. The molecule has 0 amide bonds. The Hall–Kier alpha value is -1.60. The molecule has 1 saturated heterocycles. The van der Waals surface area contributed by atoms with Gasteiger partial charge in [-0.05, 0) is 63.9 Å². The standard InChI is InChI=1S/C22H30BFO5/c1-20(2,3)27-19(25)17-14(24)9-8-13(18(17)26-7)23-28-16-11-12-10-15(21(12,4)5)22(16,6)29-23/h8-9,12,15-16H,10-11H2,1-7H3/t12-,15-,16+,22-/m0/s1. The molecule has 0 N–H and O–H groups in total. The maximum atomic E-state index is 14.6. The molecule has 1 aliphatic heterocycles. The molecule has 1 aromatic carbocycles. The number of halogens is 1. The van der Waals surface area contributed by atoms with Crippen molar-refractivity contribution in [2.24, 2.45) is 17.3 Å². The Kier molecular flexibility index (Phi) is 4.60. The molecule has 0 aromatic heterocycles. The summed E-state index contributed by atoms with van der Waals surface area (Å²) < 4.78 is 38.2. The van der Waals surface area contributed by atoms with Crippen LogP contribution in [0.25, 0.3) is 0 Å². The predicted octanol–water partition coefficient (Wildman–Crippen LogP) is 3.72. The van der Waals surface area contributed by atoms with Gasteiger partial charge in [0.15, 0.2) is 0 Å². The molecule has 1 heterocycles. The van der Waals surface area contributed by atoms with Crippen LogP contribution in [0.4, 0.5) is 4.39 Å². The second-order valence-corrected chi connectivity index (χ2v) is 10.3. The van der Waals surface area contributed by atoms with E-state index in [1.807, 2.05) is 0 Å². The summed E-state index contributed by atoms with van der Waals surface area (Å²) in [5.41, 5.74) is -0.649. The van der Waals surface area contributed by atoms with Gasteiger partial charge in [0.05, 0.1) is 18.8 Å². The van der Waals surface area contributed by atoms with Crippen LogP contribution < -0.4 is 10.2 Å². The summed E-state index contributed by atoms with van der Waals surface area (Å²) in [5, 5.41) is 0. The highest BCUT2D eigenvalue weighted by molar-refractivity contribution is 6.63. The quantitative estimate of drug-likeness (QED) is 0.568. The largest absolute Gasteiger partial charge is 0.498 e. The van der Waals surface area contributed by atoms with Crippen LogP contribution in [0.5, 0.6) is 5.75 Å². The third-order valence-electron chi connectivity index (χ3n) is 7.15. The Morgan fingerprint density at radius 3 is 2.52 bits per heavy atom. The number of hydrogen-bond acceptors (Lipinski definition) is 5. The average molecular weight is 404 g/mol. The molecule has 1 aromatic rings. The molecule has 0 unspecified atom stereocenters.